The second-order valence-electron chi connectivity index (χ2n) is 19.3. The van der Waals surface area contributed by atoms with Crippen molar-refractivity contribution in [1.82, 2.24) is 25.1 Å². The van der Waals surface area contributed by atoms with Crippen LogP contribution in [0.2, 0.25) is 5.02 Å². The number of hydrogen-bond donors (Lipinski definition) is 3. The molecule has 4 fully saturated rings. The van der Waals surface area contributed by atoms with Gasteiger partial charge in [0.2, 0.25) is 11.8 Å². The SMILES string of the molecule is COc1cc2nc(C)nc(N[C@H](C)c3cc(C(=O)O)cc(C(F)(F)F)c3)c2cc1C1CCC(C(=O)N2CCC(CCCN(C)C3CCN(c4ccc(Cl)c(N5CCC(=O)NC5=O)c4)CC3)CC2)CC1. The molecular formula is C51H62ClF3N8O6. The molecule has 3 aliphatic heterocycles. The summed E-state index contributed by atoms with van der Waals surface area (Å²) >= 11 is 6.50. The summed E-state index contributed by atoms with van der Waals surface area (Å²) in [4.78, 5) is 67.5. The van der Waals surface area contributed by atoms with Gasteiger partial charge in [-0.2, -0.15) is 13.2 Å². The van der Waals surface area contributed by atoms with Gasteiger partial charge < -0.3 is 29.9 Å². The molecular weight excluding hydrogens is 913 g/mol. The highest BCUT2D eigenvalue weighted by molar-refractivity contribution is 6.34. The summed E-state index contributed by atoms with van der Waals surface area (Å²) in [5, 5.41) is 16.3. The minimum atomic E-state index is -4.72. The summed E-state index contributed by atoms with van der Waals surface area (Å²) in [6, 6.07) is 11.8. The first kappa shape index (κ1) is 49.7. The van der Waals surface area contributed by atoms with Gasteiger partial charge in [-0.25, -0.2) is 19.6 Å². The number of methoxy groups -OCH3 is 1. The van der Waals surface area contributed by atoms with E-state index in [1.807, 2.05) is 30.3 Å². The molecule has 14 nitrogen and oxygen atoms in total. The van der Waals surface area contributed by atoms with Gasteiger partial charge in [0.15, 0.2) is 0 Å². The first-order valence-electron chi connectivity index (χ1n) is 24.2. The van der Waals surface area contributed by atoms with Crippen LogP contribution in [0.5, 0.6) is 5.75 Å². The summed E-state index contributed by atoms with van der Waals surface area (Å²) in [7, 11) is 3.84. The number of benzene rings is 3. The van der Waals surface area contributed by atoms with Crippen LogP contribution in [-0.4, -0.2) is 108 Å². The molecule has 69 heavy (non-hydrogen) atoms. The molecule has 0 bridgehead atoms. The van der Waals surface area contributed by atoms with E-state index in [0.29, 0.717) is 63.6 Å². The van der Waals surface area contributed by atoms with Crippen LogP contribution in [0.1, 0.15) is 122 Å². The number of amides is 4. The van der Waals surface area contributed by atoms with Crippen LogP contribution in [0.4, 0.5) is 35.2 Å². The van der Waals surface area contributed by atoms with Crippen LogP contribution in [0.3, 0.4) is 0 Å². The number of ether oxygens (including phenoxy) is 1. The second kappa shape index (κ2) is 21.1. The largest absolute Gasteiger partial charge is 0.496 e. The van der Waals surface area contributed by atoms with E-state index in [-0.39, 0.29) is 35.6 Å². The van der Waals surface area contributed by atoms with Crippen molar-refractivity contribution < 1.29 is 42.2 Å². The summed E-state index contributed by atoms with van der Waals surface area (Å²) in [6.45, 7) is 8.10. The van der Waals surface area contributed by atoms with Gasteiger partial charge in [0.1, 0.15) is 17.4 Å². The maximum absolute atomic E-state index is 13.9. The van der Waals surface area contributed by atoms with E-state index in [0.717, 1.165) is 114 Å². The number of carbonyl (C=O) groups excluding carboxylic acids is 3. The van der Waals surface area contributed by atoms with Gasteiger partial charge in [-0.3, -0.25) is 19.8 Å². The Hall–Kier alpha value is -5.68. The number of piperidine rings is 2. The van der Waals surface area contributed by atoms with Crippen LogP contribution in [0.15, 0.2) is 48.5 Å². The lowest BCUT2D eigenvalue weighted by molar-refractivity contribution is -0.138. The number of aromatic nitrogens is 2. The number of rotatable bonds is 14. The van der Waals surface area contributed by atoms with Crippen LogP contribution in [0, 0.1) is 18.8 Å². The standard InChI is InChI=1S/C51H62ClF3N8O6/c1-30(35-24-36(49(66)67)26-37(25-35)51(53,54)55)56-47-41-28-40(45(69-4)29-43(41)57-31(2)58-47)33-7-9-34(10-8-33)48(65)62-19-13-32(14-20-62)6-5-18-60(3)38-15-21-61(22-16-38)39-11-12-42(52)44(27-39)63-23-17-46(64)59-50(63)68/h11-12,24-30,32-34,38H,5-10,13-23H2,1-4H3,(H,66,67)(H,56,57,58)(H,59,64,68)/t30-,33?,34?/m1/s1. The van der Waals surface area contributed by atoms with Crippen molar-refractivity contribution in [2.45, 2.75) is 109 Å². The second-order valence-corrected chi connectivity index (χ2v) is 19.7. The molecule has 4 aliphatic rings. The van der Waals surface area contributed by atoms with Gasteiger partial charge in [-0.05, 0) is 157 Å². The number of urea groups is 1. The van der Waals surface area contributed by atoms with Crippen LogP contribution in [0.25, 0.3) is 10.9 Å². The number of halogens is 4. The molecule has 0 radical (unpaired) electrons. The number of carboxylic acids is 1. The van der Waals surface area contributed by atoms with Gasteiger partial charge in [0, 0.05) is 68.2 Å². The number of aryl methyl sites for hydroxylation is 1. The Morgan fingerprint density at radius 2 is 1.68 bits per heavy atom. The van der Waals surface area contributed by atoms with Crippen LogP contribution >= 0.6 is 11.6 Å². The lowest BCUT2D eigenvalue weighted by atomic mass is 9.77. The first-order chi connectivity index (χ1) is 32.9. The van der Waals surface area contributed by atoms with Gasteiger partial charge in [-0.15, -0.1) is 0 Å². The van der Waals surface area contributed by atoms with E-state index >= 15 is 0 Å². The Labute approximate surface area is 405 Å². The molecule has 1 saturated carbocycles. The number of imide groups is 1. The van der Waals surface area contributed by atoms with Crippen LogP contribution < -0.4 is 25.2 Å². The number of alkyl halides is 3. The fourth-order valence-corrected chi connectivity index (χ4v) is 11.0. The molecule has 1 aliphatic carbocycles. The third-order valence-corrected chi connectivity index (χ3v) is 15.2. The van der Waals surface area contributed by atoms with E-state index in [2.05, 4.69) is 42.3 Å². The molecule has 4 amide bonds. The molecule has 1 aromatic heterocycles. The molecule has 18 heteroatoms. The third-order valence-electron chi connectivity index (χ3n) is 14.8. The Balaban J connectivity index is 0.798. The van der Waals surface area contributed by atoms with Crippen molar-refractivity contribution in [3.05, 3.63) is 81.6 Å². The molecule has 4 heterocycles. The molecule has 4 aromatic rings. The van der Waals surface area contributed by atoms with E-state index in [1.54, 1.807) is 21.0 Å². The Bertz CT molecular complexity index is 2560. The normalized spacial score (nSPS) is 20.3. The quantitative estimate of drug-likeness (QED) is 0.110. The van der Waals surface area contributed by atoms with Crippen molar-refractivity contribution in [2.75, 3.05) is 68.5 Å². The first-order valence-corrected chi connectivity index (χ1v) is 24.6. The van der Waals surface area contributed by atoms with Crippen molar-refractivity contribution in [1.29, 1.82) is 0 Å². The van der Waals surface area contributed by atoms with Gasteiger partial charge in [-0.1, -0.05) is 11.6 Å². The van der Waals surface area contributed by atoms with Gasteiger partial charge in [0.05, 0.1) is 40.5 Å². The number of hydrogen-bond acceptors (Lipinski definition) is 10. The number of aromatic carboxylic acids is 1. The Morgan fingerprint density at radius 3 is 2.35 bits per heavy atom. The van der Waals surface area contributed by atoms with E-state index in [9.17, 15) is 37.5 Å². The summed E-state index contributed by atoms with van der Waals surface area (Å²) in [5.41, 5.74) is 1.86. The highest BCUT2D eigenvalue weighted by Crippen LogP contribution is 2.43. The lowest BCUT2D eigenvalue weighted by Gasteiger charge is -2.39. The zero-order valence-electron chi connectivity index (χ0n) is 39.7. The van der Waals surface area contributed by atoms with Crippen molar-refractivity contribution in [3.8, 4) is 5.75 Å². The summed E-state index contributed by atoms with van der Waals surface area (Å²) in [5.74, 6) is 0.727. The maximum atomic E-state index is 13.9. The smallest absolute Gasteiger partial charge is 0.416 e. The average molecular weight is 976 g/mol. The predicted octanol–water partition coefficient (Wildman–Crippen LogP) is 9.83. The Kier molecular flexibility index (Phi) is 15.2. The fourth-order valence-electron chi connectivity index (χ4n) is 10.8. The fraction of sp³-hybridized carbons (Fsp3) is 0.529. The number of anilines is 3. The molecule has 8 rings (SSSR count). The molecule has 3 saturated heterocycles. The zero-order valence-corrected chi connectivity index (χ0v) is 40.5. The maximum Gasteiger partial charge on any atom is 0.416 e. The number of carbonyl (C=O) groups is 4. The van der Waals surface area contributed by atoms with Gasteiger partial charge in [0.25, 0.3) is 0 Å². The lowest BCUT2D eigenvalue weighted by Crippen LogP contribution is -2.49. The number of nitrogens with zero attached hydrogens (tertiary/aromatic N) is 6. The molecule has 370 valence electrons. The minimum Gasteiger partial charge on any atom is -0.496 e. The van der Waals surface area contributed by atoms with E-state index < -0.39 is 35.3 Å². The number of nitrogens with one attached hydrogen (secondary N) is 2. The predicted molar refractivity (Wildman–Crippen MR) is 259 cm³/mol. The van der Waals surface area contributed by atoms with E-state index in [1.165, 1.54) is 11.0 Å². The minimum absolute atomic E-state index is 0.0404. The highest BCUT2D eigenvalue weighted by Gasteiger charge is 2.35. The summed E-state index contributed by atoms with van der Waals surface area (Å²) < 4.78 is 47.1. The van der Waals surface area contributed by atoms with Crippen molar-refractivity contribution in [3.63, 3.8) is 0 Å². The highest BCUT2D eigenvalue weighted by atomic mass is 35.5. The molecule has 3 aromatic carbocycles. The van der Waals surface area contributed by atoms with E-state index in [4.69, 9.17) is 16.3 Å². The number of likely N-dealkylation sites (tertiary alicyclic amines) is 1. The van der Waals surface area contributed by atoms with Crippen molar-refractivity contribution in [2.24, 2.45) is 11.8 Å². The summed E-state index contributed by atoms with van der Waals surface area (Å²) in [6.07, 6.45) is 4.97. The van der Waals surface area contributed by atoms with Gasteiger partial charge >= 0.3 is 18.2 Å². The number of fused-ring (bicyclic) bond motifs is 1. The van der Waals surface area contributed by atoms with Crippen LogP contribution in [-0.2, 0) is 15.8 Å². The van der Waals surface area contributed by atoms with Crippen molar-refractivity contribution >= 4 is 63.5 Å². The topological polar surface area (TPSA) is 161 Å². The number of carboxylic acid groups (broad SMARTS) is 1. The molecule has 1 atom stereocenters. The third kappa shape index (κ3) is 11.5. The molecule has 0 spiro atoms. The molecule has 3 N–H and O–H groups in total. The average Bonchev–Trinajstić information content (AvgIpc) is 3.33. The zero-order chi connectivity index (χ0) is 49.1. The molecule has 0 unspecified atom stereocenters. The Morgan fingerprint density at radius 1 is 0.957 bits per heavy atom. The monoisotopic (exact) mass is 974 g/mol.